The largest absolute Gasteiger partial charge is 0.346 e. The van der Waals surface area contributed by atoms with E-state index >= 15 is 0 Å². The molecule has 3 heterocycles. The van der Waals surface area contributed by atoms with Crippen molar-refractivity contribution in [2.24, 2.45) is 0 Å². The Morgan fingerprint density at radius 3 is 3.00 bits per heavy atom. The number of aromatic nitrogens is 4. The second-order valence-electron chi connectivity index (χ2n) is 5.48. The van der Waals surface area contributed by atoms with Crippen LogP contribution in [0.3, 0.4) is 0 Å². The lowest BCUT2D eigenvalue weighted by atomic mass is 10.1. The second-order valence-corrected chi connectivity index (χ2v) is 6.33. The van der Waals surface area contributed by atoms with E-state index in [1.807, 2.05) is 0 Å². The molecule has 1 amide bonds. The Morgan fingerprint density at radius 1 is 1.32 bits per heavy atom. The fourth-order valence-corrected chi connectivity index (χ4v) is 3.03. The number of pyridine rings is 1. The zero-order chi connectivity index (χ0) is 17.6. The van der Waals surface area contributed by atoms with Crippen LogP contribution in [0, 0.1) is 10.6 Å². The number of aromatic amines is 2. The molecular weight excluding hydrogens is 365 g/mol. The number of nitrogens with zero attached hydrogens (tertiary/aromatic N) is 2. The minimum Gasteiger partial charge on any atom is -0.346 e. The number of carbonyl (C=O) groups excluding carboxylic acids is 1. The average Bonchev–Trinajstić information content (AvgIpc) is 3.13. The van der Waals surface area contributed by atoms with Crippen LogP contribution in [0.1, 0.15) is 16.1 Å². The summed E-state index contributed by atoms with van der Waals surface area (Å²) in [5, 5.41) is 3.33. The van der Waals surface area contributed by atoms with Crippen molar-refractivity contribution in [3.8, 4) is 0 Å². The number of fused-ring (bicyclic) bond motifs is 2. The fourth-order valence-electron chi connectivity index (χ4n) is 2.65. The highest BCUT2D eigenvalue weighted by Crippen LogP contribution is 2.18. The van der Waals surface area contributed by atoms with Crippen LogP contribution in [0.15, 0.2) is 36.7 Å². The van der Waals surface area contributed by atoms with E-state index in [1.54, 1.807) is 28.9 Å². The lowest BCUT2D eigenvalue weighted by Crippen LogP contribution is -2.23. The molecule has 126 valence electrons. The Kier molecular flexibility index (Phi) is 3.78. The monoisotopic (exact) mass is 375 g/mol. The van der Waals surface area contributed by atoms with Gasteiger partial charge in [0.1, 0.15) is 11.5 Å². The SMILES string of the molecule is O=C(NCc1cn2cc(Cl)ccc2n1)c1cc(F)cc2[nH]c(=S)[nH]c12. The topological polar surface area (TPSA) is 78.0 Å². The Labute approximate surface area is 150 Å². The van der Waals surface area contributed by atoms with Gasteiger partial charge in [0.05, 0.1) is 33.9 Å². The molecule has 0 fully saturated rings. The highest BCUT2D eigenvalue weighted by Gasteiger charge is 2.14. The van der Waals surface area contributed by atoms with Crippen LogP contribution in [0.5, 0.6) is 0 Å². The zero-order valence-corrected chi connectivity index (χ0v) is 14.2. The van der Waals surface area contributed by atoms with E-state index in [9.17, 15) is 9.18 Å². The molecule has 4 rings (SSSR count). The average molecular weight is 376 g/mol. The third-order valence-corrected chi connectivity index (χ3v) is 4.16. The van der Waals surface area contributed by atoms with E-state index in [2.05, 4.69) is 20.3 Å². The number of carbonyl (C=O) groups is 1. The molecule has 0 radical (unpaired) electrons. The van der Waals surface area contributed by atoms with Gasteiger partial charge >= 0.3 is 0 Å². The summed E-state index contributed by atoms with van der Waals surface area (Å²) in [5.41, 5.74) is 2.46. The number of H-pyrrole nitrogens is 2. The van der Waals surface area contributed by atoms with Crippen LogP contribution < -0.4 is 5.32 Å². The summed E-state index contributed by atoms with van der Waals surface area (Å²) in [5.74, 6) is -0.949. The molecule has 0 aliphatic carbocycles. The van der Waals surface area contributed by atoms with Gasteiger partial charge in [0.2, 0.25) is 0 Å². The van der Waals surface area contributed by atoms with Gasteiger partial charge < -0.3 is 19.7 Å². The maximum atomic E-state index is 13.7. The number of hydrogen-bond donors (Lipinski definition) is 3. The molecule has 6 nitrogen and oxygen atoms in total. The third-order valence-electron chi connectivity index (χ3n) is 3.73. The summed E-state index contributed by atoms with van der Waals surface area (Å²) < 4.78 is 15.8. The first kappa shape index (κ1) is 15.8. The molecule has 3 aromatic heterocycles. The minimum atomic E-state index is -0.523. The number of halogens is 2. The summed E-state index contributed by atoms with van der Waals surface area (Å²) in [6, 6.07) is 5.97. The molecule has 9 heteroatoms. The molecule has 3 N–H and O–H groups in total. The predicted octanol–water partition coefficient (Wildman–Crippen LogP) is 3.60. The Morgan fingerprint density at radius 2 is 2.16 bits per heavy atom. The lowest BCUT2D eigenvalue weighted by Gasteiger charge is -2.05. The summed E-state index contributed by atoms with van der Waals surface area (Å²) in [6.07, 6.45) is 3.50. The van der Waals surface area contributed by atoms with Crippen LogP contribution in [0.25, 0.3) is 16.7 Å². The summed E-state index contributed by atoms with van der Waals surface area (Å²) in [6.45, 7) is 0.196. The van der Waals surface area contributed by atoms with Crippen LogP contribution in [-0.4, -0.2) is 25.3 Å². The molecule has 0 atom stereocenters. The van der Waals surface area contributed by atoms with E-state index in [0.717, 1.165) is 5.65 Å². The number of nitrogens with one attached hydrogen (secondary N) is 3. The van der Waals surface area contributed by atoms with E-state index < -0.39 is 11.7 Å². The standard InChI is InChI=1S/C16H11ClFN5OS/c17-8-1-2-13-20-10(7-23(13)6-8)5-19-15(24)11-3-9(18)4-12-14(11)22-16(25)21-12/h1-4,6-7H,5H2,(H,19,24)(H2,21,22,25). The van der Waals surface area contributed by atoms with Crippen LogP contribution >= 0.6 is 23.8 Å². The van der Waals surface area contributed by atoms with Crippen molar-refractivity contribution >= 4 is 46.4 Å². The Bertz CT molecular complexity index is 1180. The van der Waals surface area contributed by atoms with Gasteiger partial charge in [-0.15, -0.1) is 0 Å². The van der Waals surface area contributed by atoms with Gasteiger partial charge in [-0.25, -0.2) is 9.37 Å². The van der Waals surface area contributed by atoms with Crippen LogP contribution in [-0.2, 0) is 6.54 Å². The molecule has 0 unspecified atom stereocenters. The summed E-state index contributed by atoms with van der Waals surface area (Å²) in [4.78, 5) is 22.5. The molecule has 4 aromatic rings. The van der Waals surface area contributed by atoms with Gasteiger partial charge in [0.15, 0.2) is 4.77 Å². The van der Waals surface area contributed by atoms with Crippen molar-refractivity contribution in [2.45, 2.75) is 6.54 Å². The maximum absolute atomic E-state index is 13.7. The predicted molar refractivity (Wildman–Crippen MR) is 94.8 cm³/mol. The first-order valence-electron chi connectivity index (χ1n) is 7.32. The number of benzene rings is 1. The molecule has 0 aliphatic heterocycles. The summed E-state index contributed by atoms with van der Waals surface area (Å²) in [7, 11) is 0. The van der Waals surface area contributed by atoms with Crippen molar-refractivity contribution < 1.29 is 9.18 Å². The lowest BCUT2D eigenvalue weighted by molar-refractivity contribution is 0.0951. The minimum absolute atomic E-state index is 0.175. The van der Waals surface area contributed by atoms with E-state index in [1.165, 1.54) is 12.1 Å². The van der Waals surface area contributed by atoms with Gasteiger partial charge in [-0.3, -0.25) is 4.79 Å². The molecule has 25 heavy (non-hydrogen) atoms. The molecular formula is C16H11ClFN5OS. The number of imidazole rings is 2. The smallest absolute Gasteiger partial charge is 0.253 e. The van der Waals surface area contributed by atoms with Crippen molar-refractivity contribution in [3.05, 3.63) is 63.5 Å². The van der Waals surface area contributed by atoms with Crippen molar-refractivity contribution in [1.29, 1.82) is 0 Å². The van der Waals surface area contributed by atoms with Gasteiger partial charge in [0.25, 0.3) is 5.91 Å². The van der Waals surface area contributed by atoms with Crippen LogP contribution in [0.4, 0.5) is 4.39 Å². The van der Waals surface area contributed by atoms with Crippen LogP contribution in [0.2, 0.25) is 5.02 Å². The van der Waals surface area contributed by atoms with Gasteiger partial charge in [-0.1, -0.05) is 11.6 Å². The Hall–Kier alpha value is -2.71. The number of hydrogen-bond acceptors (Lipinski definition) is 3. The molecule has 1 aromatic carbocycles. The van der Waals surface area contributed by atoms with Crippen molar-refractivity contribution in [3.63, 3.8) is 0 Å². The molecule has 0 bridgehead atoms. The van der Waals surface area contributed by atoms with Gasteiger partial charge in [0, 0.05) is 12.4 Å². The maximum Gasteiger partial charge on any atom is 0.253 e. The third kappa shape index (κ3) is 3.01. The van der Waals surface area contributed by atoms with E-state index in [0.29, 0.717) is 26.5 Å². The molecule has 0 aliphatic rings. The number of rotatable bonds is 3. The fraction of sp³-hybridized carbons (Fsp3) is 0.0625. The first-order chi connectivity index (χ1) is 12.0. The Balaban J connectivity index is 1.60. The summed E-state index contributed by atoms with van der Waals surface area (Å²) >= 11 is 10.9. The second kappa shape index (κ2) is 5.98. The van der Waals surface area contributed by atoms with E-state index in [4.69, 9.17) is 23.8 Å². The van der Waals surface area contributed by atoms with Crippen molar-refractivity contribution in [2.75, 3.05) is 0 Å². The highest BCUT2D eigenvalue weighted by molar-refractivity contribution is 7.71. The normalized spacial score (nSPS) is 11.3. The van der Waals surface area contributed by atoms with Gasteiger partial charge in [-0.05, 0) is 36.5 Å². The zero-order valence-electron chi connectivity index (χ0n) is 12.6. The van der Waals surface area contributed by atoms with E-state index in [-0.39, 0.29) is 12.1 Å². The van der Waals surface area contributed by atoms with Crippen molar-refractivity contribution in [1.82, 2.24) is 24.7 Å². The molecule has 0 saturated carbocycles. The quantitative estimate of drug-likeness (QED) is 0.479. The highest BCUT2D eigenvalue weighted by atomic mass is 35.5. The molecule has 0 saturated heterocycles. The first-order valence-corrected chi connectivity index (χ1v) is 8.11. The number of amides is 1. The van der Waals surface area contributed by atoms with Gasteiger partial charge in [-0.2, -0.15) is 0 Å². The molecule has 0 spiro atoms.